The summed E-state index contributed by atoms with van der Waals surface area (Å²) in [5.41, 5.74) is -0.0508. The van der Waals surface area contributed by atoms with Crippen LogP contribution in [0, 0.1) is 5.92 Å². The number of rotatable bonds is 2. The summed E-state index contributed by atoms with van der Waals surface area (Å²) in [5.74, 6) is -1.49. The maximum atomic E-state index is 12.4. The number of ether oxygens (including phenoxy) is 3. The highest BCUT2D eigenvalue weighted by Gasteiger charge is 2.51. The Balaban J connectivity index is 2.07. The van der Waals surface area contributed by atoms with Gasteiger partial charge in [-0.3, -0.25) is 4.79 Å². The first-order valence-electron chi connectivity index (χ1n) is 8.02. The zero-order valence-electron chi connectivity index (χ0n) is 14.5. The summed E-state index contributed by atoms with van der Waals surface area (Å²) in [7, 11) is 0. The van der Waals surface area contributed by atoms with Crippen LogP contribution in [0.5, 0.6) is 0 Å². The molecule has 0 aromatic carbocycles. The quantitative estimate of drug-likeness (QED) is 0.564. The van der Waals surface area contributed by atoms with Crippen molar-refractivity contribution in [2.75, 3.05) is 0 Å². The van der Waals surface area contributed by atoms with Gasteiger partial charge in [-0.2, -0.15) is 0 Å². The first-order valence-corrected chi connectivity index (χ1v) is 8.02. The van der Waals surface area contributed by atoms with Crippen molar-refractivity contribution >= 4 is 17.7 Å². The molecule has 1 fully saturated rings. The second-order valence-corrected chi connectivity index (χ2v) is 6.90. The number of carbonyl (C=O) groups excluding carboxylic acids is 3. The van der Waals surface area contributed by atoms with Crippen LogP contribution in [0.15, 0.2) is 47.8 Å². The minimum Gasteiger partial charge on any atom is -0.479 e. The van der Waals surface area contributed by atoms with E-state index in [1.54, 1.807) is 19.9 Å². The van der Waals surface area contributed by atoms with Gasteiger partial charge in [0, 0.05) is 23.6 Å². The highest BCUT2D eigenvalue weighted by Crippen LogP contribution is 2.42. The van der Waals surface area contributed by atoms with E-state index < -0.39 is 35.7 Å². The topological polar surface area (TPSA) is 78.9 Å². The fraction of sp³-hybridized carbons (Fsp3) is 0.421. The van der Waals surface area contributed by atoms with Crippen LogP contribution in [-0.4, -0.2) is 35.5 Å². The third-order valence-electron chi connectivity index (χ3n) is 4.78. The fourth-order valence-electron chi connectivity index (χ4n) is 3.30. The van der Waals surface area contributed by atoms with Gasteiger partial charge in [0.15, 0.2) is 5.60 Å². The average Bonchev–Trinajstić information content (AvgIpc) is 2.96. The molecule has 0 spiro atoms. The molecule has 0 N–H and O–H groups in total. The molecule has 3 aliphatic heterocycles. The number of allylic oxidation sites excluding steroid dienone is 1. The molecule has 0 radical (unpaired) electrons. The summed E-state index contributed by atoms with van der Waals surface area (Å²) in [6, 6.07) is 0. The van der Waals surface area contributed by atoms with E-state index in [-0.39, 0.29) is 23.4 Å². The molecule has 0 aliphatic carbocycles. The molecule has 0 saturated carbocycles. The number of fused-ring (bicyclic) bond motifs is 3. The van der Waals surface area contributed by atoms with E-state index in [0.717, 1.165) is 0 Å². The lowest BCUT2D eigenvalue weighted by Gasteiger charge is -2.31. The van der Waals surface area contributed by atoms with E-state index in [1.165, 1.54) is 13.0 Å². The summed E-state index contributed by atoms with van der Waals surface area (Å²) < 4.78 is 16.8. The van der Waals surface area contributed by atoms with Crippen molar-refractivity contribution in [3.05, 3.63) is 47.8 Å². The lowest BCUT2D eigenvalue weighted by Crippen LogP contribution is -2.42. The van der Waals surface area contributed by atoms with Gasteiger partial charge in [-0.1, -0.05) is 13.2 Å². The second-order valence-electron chi connectivity index (χ2n) is 6.90. The molecule has 0 aromatic heterocycles. The Labute approximate surface area is 145 Å². The fourth-order valence-corrected chi connectivity index (χ4v) is 3.30. The van der Waals surface area contributed by atoms with Crippen LogP contribution in [0.4, 0.5) is 0 Å². The smallest absolute Gasteiger partial charge is 0.334 e. The van der Waals surface area contributed by atoms with E-state index in [0.29, 0.717) is 11.3 Å². The summed E-state index contributed by atoms with van der Waals surface area (Å²) in [5, 5.41) is 0. The van der Waals surface area contributed by atoms with E-state index in [1.807, 2.05) is 0 Å². The molecule has 132 valence electrons. The van der Waals surface area contributed by atoms with Gasteiger partial charge in [-0.05, 0) is 32.4 Å². The van der Waals surface area contributed by atoms with Crippen molar-refractivity contribution in [2.45, 2.75) is 45.0 Å². The largest absolute Gasteiger partial charge is 0.479 e. The summed E-state index contributed by atoms with van der Waals surface area (Å²) in [4.78, 5) is 36.6. The summed E-state index contributed by atoms with van der Waals surface area (Å²) in [6.45, 7) is 12.3. The molecule has 3 heterocycles. The molecular weight excluding hydrogens is 324 g/mol. The van der Waals surface area contributed by atoms with Gasteiger partial charge in [0.05, 0.1) is 5.92 Å². The van der Waals surface area contributed by atoms with Crippen LogP contribution in [0.25, 0.3) is 0 Å². The standard InChI is InChI=1S/C19H20O6/c1-9(2)17(21)24-14-8-19(5)15(20)7-12(25-19)10(3)6-13-16(14)11(4)18(22)23-13/h6-7,13-14,16H,1,4,8H2,2-3,5H3/b10-6+/t13-,14+,16-,19+/m0/s1. The molecule has 0 unspecified atom stereocenters. The number of hydrogen-bond acceptors (Lipinski definition) is 6. The summed E-state index contributed by atoms with van der Waals surface area (Å²) in [6.07, 6.45) is 1.78. The predicted octanol–water partition coefficient (Wildman–Crippen LogP) is 2.16. The van der Waals surface area contributed by atoms with Gasteiger partial charge < -0.3 is 14.2 Å². The number of hydrogen-bond donors (Lipinski definition) is 0. The van der Waals surface area contributed by atoms with Crippen LogP contribution in [0.3, 0.4) is 0 Å². The first-order chi connectivity index (χ1) is 11.6. The number of esters is 2. The van der Waals surface area contributed by atoms with Gasteiger partial charge in [0.1, 0.15) is 18.0 Å². The monoisotopic (exact) mass is 344 g/mol. The molecule has 3 rings (SSSR count). The normalized spacial score (nSPS) is 36.0. The molecule has 6 nitrogen and oxygen atoms in total. The minimum atomic E-state index is -1.18. The maximum Gasteiger partial charge on any atom is 0.334 e. The van der Waals surface area contributed by atoms with Crippen LogP contribution in [-0.2, 0) is 28.6 Å². The highest BCUT2D eigenvalue weighted by molar-refractivity contribution is 6.00. The van der Waals surface area contributed by atoms with Crippen molar-refractivity contribution in [1.29, 1.82) is 0 Å². The van der Waals surface area contributed by atoms with Gasteiger partial charge >= 0.3 is 11.9 Å². The molecule has 1 saturated heterocycles. The minimum absolute atomic E-state index is 0.0861. The van der Waals surface area contributed by atoms with Crippen LogP contribution in [0.1, 0.15) is 27.2 Å². The summed E-state index contributed by atoms with van der Waals surface area (Å²) >= 11 is 0. The Hall–Kier alpha value is -2.63. The van der Waals surface area contributed by atoms with E-state index in [2.05, 4.69) is 13.2 Å². The van der Waals surface area contributed by atoms with E-state index in [4.69, 9.17) is 14.2 Å². The zero-order chi connectivity index (χ0) is 18.5. The Morgan fingerprint density at radius 2 is 2.08 bits per heavy atom. The Kier molecular flexibility index (Phi) is 3.94. The van der Waals surface area contributed by atoms with Crippen LogP contribution < -0.4 is 0 Å². The molecule has 2 bridgehead atoms. The Morgan fingerprint density at radius 3 is 2.72 bits per heavy atom. The van der Waals surface area contributed by atoms with E-state index in [9.17, 15) is 14.4 Å². The number of carbonyl (C=O) groups is 3. The average molecular weight is 344 g/mol. The molecule has 6 heteroatoms. The lowest BCUT2D eigenvalue weighted by atomic mass is 9.82. The van der Waals surface area contributed by atoms with E-state index >= 15 is 0 Å². The number of ketones is 1. The van der Waals surface area contributed by atoms with Crippen LogP contribution in [0.2, 0.25) is 0 Å². The van der Waals surface area contributed by atoms with Gasteiger partial charge in [-0.15, -0.1) is 0 Å². The van der Waals surface area contributed by atoms with Crippen LogP contribution >= 0.6 is 0 Å². The molecule has 0 aromatic rings. The predicted molar refractivity (Wildman–Crippen MR) is 88.2 cm³/mol. The third-order valence-corrected chi connectivity index (χ3v) is 4.78. The van der Waals surface area contributed by atoms with Crippen molar-refractivity contribution in [3.63, 3.8) is 0 Å². The van der Waals surface area contributed by atoms with Crippen molar-refractivity contribution < 1.29 is 28.6 Å². The Morgan fingerprint density at radius 1 is 1.40 bits per heavy atom. The second kappa shape index (κ2) is 5.72. The SMILES string of the molecule is C=C(C)C(=O)O[C@@H]1C[C@@]2(C)OC(=CC2=O)/C(C)=C/[C@@H]2OC(=O)C(=C)[C@@H]21. The van der Waals surface area contributed by atoms with Gasteiger partial charge in [0.2, 0.25) is 5.78 Å². The molecular formula is C19H20O6. The third kappa shape index (κ3) is 2.81. The molecule has 4 atom stereocenters. The highest BCUT2D eigenvalue weighted by atomic mass is 16.6. The molecule has 3 aliphatic rings. The van der Waals surface area contributed by atoms with Gasteiger partial charge in [-0.25, -0.2) is 9.59 Å². The molecule has 0 amide bonds. The Bertz CT molecular complexity index is 771. The zero-order valence-corrected chi connectivity index (χ0v) is 14.5. The molecule has 25 heavy (non-hydrogen) atoms. The maximum absolute atomic E-state index is 12.4. The van der Waals surface area contributed by atoms with Crippen molar-refractivity contribution in [2.24, 2.45) is 5.92 Å². The first kappa shape index (κ1) is 17.2. The lowest BCUT2D eigenvalue weighted by molar-refractivity contribution is -0.153. The van der Waals surface area contributed by atoms with Crippen molar-refractivity contribution in [3.8, 4) is 0 Å². The van der Waals surface area contributed by atoms with Gasteiger partial charge in [0.25, 0.3) is 0 Å². The van der Waals surface area contributed by atoms with Crippen molar-refractivity contribution in [1.82, 2.24) is 0 Å².